The van der Waals surface area contributed by atoms with E-state index in [9.17, 15) is 13.2 Å². The molecule has 1 aromatic carbocycles. The highest BCUT2D eigenvalue weighted by Gasteiger charge is 2.36. The molecule has 1 heterocycles. The Bertz CT molecular complexity index is 459. The van der Waals surface area contributed by atoms with Crippen molar-refractivity contribution in [3.63, 3.8) is 0 Å². The molecule has 0 bridgehead atoms. The largest absolute Gasteiger partial charge is 0.314 e. The zero-order valence-electron chi connectivity index (χ0n) is 12.5. The Balaban J connectivity index is 0.00000220. The molecule has 1 saturated heterocycles. The predicted molar refractivity (Wildman–Crippen MR) is 80.2 cm³/mol. The molecule has 0 aromatic heterocycles. The molecular formula is C15H22ClF3N2. The van der Waals surface area contributed by atoms with Gasteiger partial charge in [-0.05, 0) is 5.41 Å². The molecule has 1 fully saturated rings. The van der Waals surface area contributed by atoms with E-state index in [-0.39, 0.29) is 23.4 Å². The van der Waals surface area contributed by atoms with Gasteiger partial charge in [-0.15, -0.1) is 12.4 Å². The minimum absolute atomic E-state index is 0. The Kier molecular flexibility index (Phi) is 6.08. The average molecular weight is 323 g/mol. The third kappa shape index (κ3) is 4.11. The number of nitrogens with zero attached hydrogens (tertiary/aromatic N) is 1. The van der Waals surface area contributed by atoms with E-state index < -0.39 is 23.5 Å². The number of hydrogen-bond donors (Lipinski definition) is 1. The number of halogens is 4. The van der Waals surface area contributed by atoms with Crippen LogP contribution in [0.5, 0.6) is 0 Å². The highest BCUT2D eigenvalue weighted by molar-refractivity contribution is 5.85. The second-order valence-electron chi connectivity index (χ2n) is 6.34. The summed E-state index contributed by atoms with van der Waals surface area (Å²) >= 11 is 0. The molecule has 1 aliphatic heterocycles. The summed E-state index contributed by atoms with van der Waals surface area (Å²) < 4.78 is 41.4. The van der Waals surface area contributed by atoms with Crippen molar-refractivity contribution in [3.05, 3.63) is 35.1 Å². The predicted octanol–water partition coefficient (Wildman–Crippen LogP) is 3.52. The molecule has 0 saturated carbocycles. The topological polar surface area (TPSA) is 15.3 Å². The Morgan fingerprint density at radius 3 is 1.95 bits per heavy atom. The fraction of sp³-hybridized carbons (Fsp3) is 0.600. The summed E-state index contributed by atoms with van der Waals surface area (Å²) in [5, 5.41) is 3.22. The summed E-state index contributed by atoms with van der Waals surface area (Å²) in [6, 6.07) is 1.11. The van der Waals surface area contributed by atoms with E-state index in [0.29, 0.717) is 0 Å². The average Bonchev–Trinajstić information content (AvgIpc) is 2.33. The summed E-state index contributed by atoms with van der Waals surface area (Å²) in [6.07, 6.45) is 0. The van der Waals surface area contributed by atoms with Crippen LogP contribution in [-0.4, -0.2) is 31.1 Å². The van der Waals surface area contributed by atoms with E-state index in [2.05, 4.69) is 10.2 Å². The molecule has 0 radical (unpaired) electrons. The maximum absolute atomic E-state index is 14.1. The molecule has 1 atom stereocenters. The smallest absolute Gasteiger partial charge is 0.133 e. The van der Waals surface area contributed by atoms with Crippen molar-refractivity contribution in [2.45, 2.75) is 26.8 Å². The number of rotatable bonds is 2. The first-order valence-electron chi connectivity index (χ1n) is 6.90. The third-order valence-corrected chi connectivity index (χ3v) is 3.65. The van der Waals surface area contributed by atoms with Crippen molar-refractivity contribution >= 4 is 12.4 Å². The van der Waals surface area contributed by atoms with Gasteiger partial charge in [0, 0.05) is 49.9 Å². The van der Waals surface area contributed by atoms with Gasteiger partial charge in [-0.3, -0.25) is 4.90 Å². The van der Waals surface area contributed by atoms with Crippen molar-refractivity contribution in [3.8, 4) is 0 Å². The van der Waals surface area contributed by atoms with Crippen LogP contribution in [0.15, 0.2) is 12.1 Å². The van der Waals surface area contributed by atoms with Crippen LogP contribution in [0.25, 0.3) is 0 Å². The van der Waals surface area contributed by atoms with Crippen molar-refractivity contribution in [1.82, 2.24) is 10.2 Å². The Labute approximate surface area is 130 Å². The number of nitrogens with one attached hydrogen (secondary N) is 1. The van der Waals surface area contributed by atoms with E-state index >= 15 is 0 Å². The summed E-state index contributed by atoms with van der Waals surface area (Å²) in [7, 11) is 0. The molecule has 6 heteroatoms. The number of benzene rings is 1. The first kappa shape index (κ1) is 18.3. The molecule has 0 unspecified atom stereocenters. The van der Waals surface area contributed by atoms with Crippen molar-refractivity contribution < 1.29 is 13.2 Å². The molecule has 0 spiro atoms. The molecule has 21 heavy (non-hydrogen) atoms. The van der Waals surface area contributed by atoms with E-state index in [4.69, 9.17) is 0 Å². The van der Waals surface area contributed by atoms with Gasteiger partial charge in [0.2, 0.25) is 0 Å². The Hall–Kier alpha value is -0.780. The molecule has 1 aromatic rings. The summed E-state index contributed by atoms with van der Waals surface area (Å²) in [5.41, 5.74) is -0.377. The lowest BCUT2D eigenvalue weighted by atomic mass is 9.80. The van der Waals surface area contributed by atoms with E-state index in [0.717, 1.165) is 38.3 Å². The lowest BCUT2D eigenvalue weighted by molar-refractivity contribution is 0.0803. The van der Waals surface area contributed by atoms with E-state index in [1.807, 2.05) is 20.8 Å². The highest BCUT2D eigenvalue weighted by atomic mass is 35.5. The maximum atomic E-state index is 14.1. The van der Waals surface area contributed by atoms with Gasteiger partial charge in [-0.25, -0.2) is 13.2 Å². The van der Waals surface area contributed by atoms with Gasteiger partial charge in [-0.2, -0.15) is 0 Å². The van der Waals surface area contributed by atoms with Crippen LogP contribution in [0.3, 0.4) is 0 Å². The third-order valence-electron chi connectivity index (χ3n) is 3.65. The van der Waals surface area contributed by atoms with Crippen LogP contribution in [0, 0.1) is 22.9 Å². The minimum Gasteiger partial charge on any atom is -0.314 e. The molecule has 0 aliphatic carbocycles. The van der Waals surface area contributed by atoms with Gasteiger partial charge < -0.3 is 5.32 Å². The van der Waals surface area contributed by atoms with Crippen molar-refractivity contribution in [2.75, 3.05) is 26.2 Å². The Morgan fingerprint density at radius 2 is 1.52 bits per heavy atom. The van der Waals surface area contributed by atoms with Gasteiger partial charge >= 0.3 is 0 Å². The van der Waals surface area contributed by atoms with Gasteiger partial charge in [-0.1, -0.05) is 20.8 Å². The van der Waals surface area contributed by atoms with Gasteiger partial charge in [0.05, 0.1) is 0 Å². The van der Waals surface area contributed by atoms with E-state index in [1.165, 1.54) is 0 Å². The van der Waals surface area contributed by atoms with Crippen LogP contribution >= 0.6 is 12.4 Å². The molecule has 0 amide bonds. The summed E-state index contributed by atoms with van der Waals surface area (Å²) in [5.74, 6) is -2.49. The molecule has 1 N–H and O–H groups in total. The second-order valence-corrected chi connectivity index (χ2v) is 6.34. The van der Waals surface area contributed by atoms with Crippen LogP contribution < -0.4 is 5.32 Å². The fourth-order valence-corrected chi connectivity index (χ4v) is 2.92. The van der Waals surface area contributed by atoms with Crippen LogP contribution in [-0.2, 0) is 0 Å². The van der Waals surface area contributed by atoms with Crippen LogP contribution in [0.1, 0.15) is 32.4 Å². The normalized spacial score (nSPS) is 18.2. The zero-order valence-corrected chi connectivity index (χ0v) is 13.4. The SMILES string of the molecule is CC(C)(C)[C@@H](c1c(F)cc(F)cc1F)N1CCNCC1.Cl. The molecule has 1 aliphatic rings. The standard InChI is InChI=1S/C15H21F3N2.ClH/c1-15(2,3)14(20-6-4-19-5-7-20)13-11(17)8-10(16)9-12(13)18;/h8-9,14,19H,4-7H2,1-3H3;1H/t14-;/m1./s1. The monoisotopic (exact) mass is 322 g/mol. The van der Waals surface area contributed by atoms with Crippen LogP contribution in [0.4, 0.5) is 13.2 Å². The molecule has 2 nitrogen and oxygen atoms in total. The quantitative estimate of drug-likeness (QED) is 0.896. The minimum atomic E-state index is -0.878. The molecule has 120 valence electrons. The van der Waals surface area contributed by atoms with Crippen molar-refractivity contribution in [2.24, 2.45) is 5.41 Å². The van der Waals surface area contributed by atoms with Gasteiger partial charge in [0.15, 0.2) is 0 Å². The maximum Gasteiger partial charge on any atom is 0.133 e. The van der Waals surface area contributed by atoms with Crippen molar-refractivity contribution in [1.29, 1.82) is 0 Å². The molecule has 2 rings (SSSR count). The first-order valence-corrected chi connectivity index (χ1v) is 6.90. The first-order chi connectivity index (χ1) is 9.30. The van der Waals surface area contributed by atoms with Gasteiger partial charge in [0.25, 0.3) is 0 Å². The van der Waals surface area contributed by atoms with E-state index in [1.54, 1.807) is 0 Å². The lowest BCUT2D eigenvalue weighted by Gasteiger charge is -2.42. The fourth-order valence-electron chi connectivity index (χ4n) is 2.92. The Morgan fingerprint density at radius 1 is 1.05 bits per heavy atom. The summed E-state index contributed by atoms with van der Waals surface area (Å²) in [4.78, 5) is 2.07. The second kappa shape index (κ2) is 6.99. The number of hydrogen-bond acceptors (Lipinski definition) is 2. The summed E-state index contributed by atoms with van der Waals surface area (Å²) in [6.45, 7) is 8.86. The number of piperazine rings is 1. The van der Waals surface area contributed by atoms with Gasteiger partial charge in [0.1, 0.15) is 17.5 Å². The molecular weight excluding hydrogens is 301 g/mol. The zero-order chi connectivity index (χ0) is 14.9. The highest BCUT2D eigenvalue weighted by Crippen LogP contribution is 2.40. The van der Waals surface area contributed by atoms with Crippen LogP contribution in [0.2, 0.25) is 0 Å². The lowest BCUT2D eigenvalue weighted by Crippen LogP contribution is -2.48.